The predicted molar refractivity (Wildman–Crippen MR) is 79.9 cm³/mol. The lowest BCUT2D eigenvalue weighted by Crippen LogP contribution is -2.29. The van der Waals surface area contributed by atoms with Gasteiger partial charge in [0.25, 0.3) is 0 Å². The van der Waals surface area contributed by atoms with Crippen molar-refractivity contribution in [2.24, 2.45) is 0 Å². The maximum Gasteiger partial charge on any atom is 0.135 e. The number of rotatable bonds is 4. The fraction of sp³-hybridized carbons (Fsp3) is 0.429. The van der Waals surface area contributed by atoms with Crippen molar-refractivity contribution < 1.29 is 0 Å². The average Bonchev–Trinajstić information content (AvgIpc) is 2.97. The van der Waals surface area contributed by atoms with Gasteiger partial charge >= 0.3 is 0 Å². The quantitative estimate of drug-likeness (QED) is 0.930. The molecule has 1 aliphatic heterocycles. The summed E-state index contributed by atoms with van der Waals surface area (Å²) in [7, 11) is 0. The first kappa shape index (κ1) is 12.4. The van der Waals surface area contributed by atoms with Crippen LogP contribution >= 0.6 is 11.5 Å². The second kappa shape index (κ2) is 5.17. The summed E-state index contributed by atoms with van der Waals surface area (Å²) in [5.74, 6) is 0. The predicted octanol–water partition coefficient (Wildman–Crippen LogP) is 2.92. The Labute approximate surface area is 117 Å². The molecule has 3 rings (SSSR count). The second-order valence-electron chi connectivity index (χ2n) is 4.89. The standard InChI is InChI=1S/C14H18N4S/c1-3-15-14-12(16-17-19-14)9-18-10(2)8-11-6-4-5-7-13(11)18/h4-7,10,15H,3,8-9H2,1-2H3. The number of para-hydroxylation sites is 1. The van der Waals surface area contributed by atoms with E-state index in [1.165, 1.54) is 22.8 Å². The van der Waals surface area contributed by atoms with Crippen molar-refractivity contribution in [3.05, 3.63) is 35.5 Å². The molecular formula is C14H18N4S. The molecule has 2 heterocycles. The smallest absolute Gasteiger partial charge is 0.135 e. The van der Waals surface area contributed by atoms with Gasteiger partial charge in [-0.05, 0) is 31.9 Å². The van der Waals surface area contributed by atoms with Crippen LogP contribution in [0.3, 0.4) is 0 Å². The Morgan fingerprint density at radius 2 is 2.26 bits per heavy atom. The monoisotopic (exact) mass is 274 g/mol. The zero-order valence-corrected chi connectivity index (χ0v) is 12.1. The molecule has 0 saturated heterocycles. The van der Waals surface area contributed by atoms with E-state index in [0.717, 1.165) is 30.2 Å². The van der Waals surface area contributed by atoms with Gasteiger partial charge in [0.15, 0.2) is 0 Å². The molecular weight excluding hydrogens is 256 g/mol. The van der Waals surface area contributed by atoms with Gasteiger partial charge in [-0.15, -0.1) is 5.10 Å². The molecule has 0 bridgehead atoms. The van der Waals surface area contributed by atoms with Gasteiger partial charge in [-0.25, -0.2) is 0 Å². The number of hydrogen-bond donors (Lipinski definition) is 1. The third-order valence-corrected chi connectivity index (χ3v) is 4.29. The normalized spacial score (nSPS) is 17.6. The number of hydrogen-bond acceptors (Lipinski definition) is 5. The average molecular weight is 274 g/mol. The van der Waals surface area contributed by atoms with Gasteiger partial charge in [-0.1, -0.05) is 22.7 Å². The minimum Gasteiger partial charge on any atom is -0.374 e. The molecule has 19 heavy (non-hydrogen) atoms. The molecule has 1 N–H and O–H groups in total. The molecule has 1 aromatic heterocycles. The maximum absolute atomic E-state index is 4.27. The molecule has 2 aromatic rings. The Morgan fingerprint density at radius 3 is 3.11 bits per heavy atom. The third kappa shape index (κ3) is 2.30. The van der Waals surface area contributed by atoms with E-state index >= 15 is 0 Å². The molecule has 0 amide bonds. The van der Waals surface area contributed by atoms with Crippen molar-refractivity contribution in [3.63, 3.8) is 0 Å². The van der Waals surface area contributed by atoms with Crippen molar-refractivity contribution in [1.82, 2.24) is 9.59 Å². The van der Waals surface area contributed by atoms with Gasteiger partial charge in [-0.3, -0.25) is 0 Å². The summed E-state index contributed by atoms with van der Waals surface area (Å²) in [6.07, 6.45) is 1.12. The molecule has 0 fully saturated rings. The van der Waals surface area contributed by atoms with E-state index in [-0.39, 0.29) is 0 Å². The first-order chi connectivity index (χ1) is 9.29. The van der Waals surface area contributed by atoms with E-state index in [2.05, 4.69) is 57.9 Å². The summed E-state index contributed by atoms with van der Waals surface area (Å²) >= 11 is 1.44. The molecule has 4 nitrogen and oxygen atoms in total. The SMILES string of the molecule is CCNc1snnc1CN1c2ccccc2CC1C. The minimum atomic E-state index is 0.522. The van der Waals surface area contributed by atoms with Crippen molar-refractivity contribution in [3.8, 4) is 0 Å². The van der Waals surface area contributed by atoms with Crippen LogP contribution in [-0.2, 0) is 13.0 Å². The van der Waals surface area contributed by atoms with Crippen LogP contribution in [0.15, 0.2) is 24.3 Å². The number of nitrogens with one attached hydrogen (secondary N) is 1. The van der Waals surface area contributed by atoms with E-state index in [1.807, 2.05) is 0 Å². The summed E-state index contributed by atoms with van der Waals surface area (Å²) in [4.78, 5) is 2.42. The van der Waals surface area contributed by atoms with Crippen LogP contribution < -0.4 is 10.2 Å². The zero-order chi connectivity index (χ0) is 13.2. The lowest BCUT2D eigenvalue weighted by atomic mass is 10.1. The summed E-state index contributed by atoms with van der Waals surface area (Å²) < 4.78 is 4.07. The minimum absolute atomic E-state index is 0.522. The van der Waals surface area contributed by atoms with E-state index in [1.54, 1.807) is 0 Å². The largest absolute Gasteiger partial charge is 0.374 e. The number of aromatic nitrogens is 2. The summed E-state index contributed by atoms with van der Waals surface area (Å²) in [6, 6.07) is 9.16. The van der Waals surface area contributed by atoms with Crippen LogP contribution in [0, 0.1) is 0 Å². The molecule has 0 radical (unpaired) electrons. The summed E-state index contributed by atoms with van der Waals surface area (Å²) in [5, 5.41) is 8.70. The fourth-order valence-corrected chi connectivity index (χ4v) is 3.28. The molecule has 5 heteroatoms. The highest BCUT2D eigenvalue weighted by molar-refractivity contribution is 7.10. The zero-order valence-electron chi connectivity index (χ0n) is 11.3. The van der Waals surface area contributed by atoms with E-state index in [9.17, 15) is 0 Å². The highest BCUT2D eigenvalue weighted by Gasteiger charge is 2.26. The van der Waals surface area contributed by atoms with Crippen molar-refractivity contribution in [2.45, 2.75) is 32.9 Å². The molecule has 0 aliphatic carbocycles. The number of anilines is 2. The van der Waals surface area contributed by atoms with Crippen LogP contribution in [0.25, 0.3) is 0 Å². The van der Waals surface area contributed by atoms with Gasteiger partial charge in [-0.2, -0.15) is 0 Å². The second-order valence-corrected chi connectivity index (χ2v) is 5.64. The lowest BCUT2D eigenvalue weighted by Gasteiger charge is -2.24. The van der Waals surface area contributed by atoms with Crippen LogP contribution in [0.4, 0.5) is 10.7 Å². The Balaban J connectivity index is 1.85. The Bertz CT molecular complexity index is 566. The molecule has 100 valence electrons. The van der Waals surface area contributed by atoms with Crippen LogP contribution in [-0.4, -0.2) is 22.2 Å². The number of benzene rings is 1. The van der Waals surface area contributed by atoms with E-state index in [4.69, 9.17) is 0 Å². The fourth-order valence-electron chi connectivity index (χ4n) is 2.64. The number of nitrogens with zero attached hydrogens (tertiary/aromatic N) is 3. The summed E-state index contributed by atoms with van der Waals surface area (Å²) in [6.45, 7) is 6.10. The molecule has 0 spiro atoms. The lowest BCUT2D eigenvalue weighted by molar-refractivity contribution is 0.664. The van der Waals surface area contributed by atoms with Crippen LogP contribution in [0.2, 0.25) is 0 Å². The molecule has 1 aliphatic rings. The van der Waals surface area contributed by atoms with Gasteiger partial charge in [0.1, 0.15) is 10.7 Å². The van der Waals surface area contributed by atoms with E-state index < -0.39 is 0 Å². The third-order valence-electron chi connectivity index (χ3n) is 3.56. The van der Waals surface area contributed by atoms with Crippen molar-refractivity contribution in [2.75, 3.05) is 16.8 Å². The molecule has 1 unspecified atom stereocenters. The Hall–Kier alpha value is -1.62. The molecule has 1 atom stereocenters. The van der Waals surface area contributed by atoms with Crippen LogP contribution in [0.5, 0.6) is 0 Å². The van der Waals surface area contributed by atoms with Gasteiger partial charge in [0.2, 0.25) is 0 Å². The molecule has 1 aromatic carbocycles. The Kier molecular flexibility index (Phi) is 3.38. The first-order valence-corrected chi connectivity index (χ1v) is 7.46. The summed E-state index contributed by atoms with van der Waals surface area (Å²) in [5.41, 5.74) is 3.82. The Morgan fingerprint density at radius 1 is 1.42 bits per heavy atom. The van der Waals surface area contributed by atoms with Crippen molar-refractivity contribution in [1.29, 1.82) is 0 Å². The topological polar surface area (TPSA) is 41.1 Å². The van der Waals surface area contributed by atoms with Gasteiger partial charge in [0, 0.05) is 29.8 Å². The maximum atomic E-state index is 4.27. The first-order valence-electron chi connectivity index (χ1n) is 6.69. The molecule has 0 saturated carbocycles. The van der Waals surface area contributed by atoms with E-state index in [0.29, 0.717) is 6.04 Å². The highest BCUT2D eigenvalue weighted by Crippen LogP contribution is 2.34. The number of fused-ring (bicyclic) bond motifs is 1. The van der Waals surface area contributed by atoms with Crippen molar-refractivity contribution >= 4 is 22.2 Å². The van der Waals surface area contributed by atoms with Gasteiger partial charge in [0.05, 0.1) is 6.54 Å². The van der Waals surface area contributed by atoms with Gasteiger partial charge < -0.3 is 10.2 Å². The highest BCUT2D eigenvalue weighted by atomic mass is 32.1. The van der Waals surface area contributed by atoms with Crippen LogP contribution in [0.1, 0.15) is 25.1 Å².